The fourth-order valence-corrected chi connectivity index (χ4v) is 4.02. The third-order valence-corrected chi connectivity index (χ3v) is 5.47. The van der Waals surface area contributed by atoms with E-state index < -0.39 is 5.91 Å². The molecule has 4 aromatic rings. The van der Waals surface area contributed by atoms with Crippen LogP contribution in [0.3, 0.4) is 0 Å². The molecule has 1 amide bonds. The number of nitrogens with zero attached hydrogens (tertiary/aromatic N) is 5. The minimum atomic E-state index is -0.437. The van der Waals surface area contributed by atoms with Crippen LogP contribution < -0.4 is 5.32 Å². The number of amides is 1. The Morgan fingerprint density at radius 1 is 1.21 bits per heavy atom. The first kappa shape index (κ1) is 18.8. The Labute approximate surface area is 174 Å². The van der Waals surface area contributed by atoms with Gasteiger partial charge in [0.25, 0.3) is 11.7 Å². The molecule has 7 nitrogen and oxygen atoms in total. The molecule has 0 atom stereocenters. The second-order valence-electron chi connectivity index (χ2n) is 6.18. The minimum Gasteiger partial charge on any atom is -0.295 e. The molecule has 0 aliphatic carbocycles. The van der Waals surface area contributed by atoms with Crippen molar-refractivity contribution >= 4 is 51.4 Å². The molecule has 28 heavy (non-hydrogen) atoms. The topological polar surface area (TPSA) is 85.1 Å². The van der Waals surface area contributed by atoms with Gasteiger partial charge >= 0.3 is 0 Å². The maximum atomic E-state index is 12.5. The normalized spacial score (nSPS) is 11.1. The highest BCUT2D eigenvalue weighted by atomic mass is 35.5. The van der Waals surface area contributed by atoms with E-state index in [2.05, 4.69) is 25.4 Å². The highest BCUT2D eigenvalue weighted by Gasteiger charge is 2.17. The Kier molecular flexibility index (Phi) is 5.01. The fourth-order valence-electron chi connectivity index (χ4n) is 2.72. The summed E-state index contributed by atoms with van der Waals surface area (Å²) in [5.41, 5.74) is 2.60. The number of fused-ring (bicyclic) bond motifs is 1. The average molecular weight is 433 g/mol. The largest absolute Gasteiger partial charge is 0.297 e. The van der Waals surface area contributed by atoms with Crippen LogP contribution in [0.2, 0.25) is 10.0 Å². The first-order chi connectivity index (χ1) is 13.4. The molecule has 0 spiro atoms. The van der Waals surface area contributed by atoms with Gasteiger partial charge in [-0.15, -0.1) is 16.4 Å². The lowest BCUT2D eigenvalue weighted by Gasteiger charge is -2.02. The summed E-state index contributed by atoms with van der Waals surface area (Å²) in [7, 11) is 0. The highest BCUT2D eigenvalue weighted by Crippen LogP contribution is 2.27. The Hall–Kier alpha value is -2.55. The van der Waals surface area contributed by atoms with Crippen molar-refractivity contribution in [2.75, 3.05) is 5.32 Å². The summed E-state index contributed by atoms with van der Waals surface area (Å²) in [5, 5.41) is 8.60. The van der Waals surface area contributed by atoms with Crippen molar-refractivity contribution in [1.82, 2.24) is 24.6 Å². The van der Waals surface area contributed by atoms with Gasteiger partial charge in [-0.1, -0.05) is 29.3 Å². The summed E-state index contributed by atoms with van der Waals surface area (Å²) in [5.74, 6) is -0.00784. The number of hydrogen-bond donors (Lipinski definition) is 1. The van der Waals surface area contributed by atoms with E-state index in [1.807, 2.05) is 26.0 Å². The maximum absolute atomic E-state index is 12.5. The van der Waals surface area contributed by atoms with E-state index in [9.17, 15) is 4.79 Å². The van der Waals surface area contributed by atoms with Crippen LogP contribution >= 0.6 is 34.5 Å². The number of halogens is 2. The number of aromatic nitrogens is 5. The van der Waals surface area contributed by atoms with Crippen LogP contribution in [-0.4, -0.2) is 30.5 Å². The molecule has 3 heterocycles. The van der Waals surface area contributed by atoms with E-state index in [1.54, 1.807) is 18.3 Å². The van der Waals surface area contributed by atoms with Gasteiger partial charge in [0, 0.05) is 38.9 Å². The zero-order chi connectivity index (χ0) is 19.8. The number of carbonyl (C=O) groups excluding carboxylic acids is 1. The van der Waals surface area contributed by atoms with Gasteiger partial charge < -0.3 is 0 Å². The van der Waals surface area contributed by atoms with E-state index >= 15 is 0 Å². The standard InChI is InChI=1S/C18H14Cl2N6OS/c1-9-5-10(2)26-17(22-9)23-15(25-26)16(27)24-18-21-8-13(28-18)6-11-3-4-12(19)7-14(11)20/h3-5,7-8H,6H2,1-2H3,(H,21,24,27). The monoisotopic (exact) mass is 432 g/mol. The van der Waals surface area contributed by atoms with E-state index in [0.717, 1.165) is 21.8 Å². The number of benzene rings is 1. The molecule has 0 radical (unpaired) electrons. The quantitative estimate of drug-likeness (QED) is 0.517. The first-order valence-electron chi connectivity index (χ1n) is 8.30. The smallest absolute Gasteiger partial charge is 0.295 e. The molecule has 4 rings (SSSR count). The van der Waals surface area contributed by atoms with Gasteiger partial charge in [0.15, 0.2) is 5.13 Å². The van der Waals surface area contributed by atoms with Gasteiger partial charge in [-0.3, -0.25) is 10.1 Å². The van der Waals surface area contributed by atoms with Crippen LogP contribution in [0.25, 0.3) is 5.78 Å². The molecule has 3 aromatic heterocycles. The number of thiazole rings is 1. The summed E-state index contributed by atoms with van der Waals surface area (Å²) < 4.78 is 1.54. The van der Waals surface area contributed by atoms with Gasteiger partial charge in [-0.25, -0.2) is 14.5 Å². The van der Waals surface area contributed by atoms with Crippen molar-refractivity contribution in [3.05, 3.63) is 68.2 Å². The number of hydrogen-bond acceptors (Lipinski definition) is 6. The van der Waals surface area contributed by atoms with E-state index in [1.165, 1.54) is 15.9 Å². The molecule has 0 fully saturated rings. The van der Waals surface area contributed by atoms with Crippen molar-refractivity contribution in [3.63, 3.8) is 0 Å². The predicted octanol–water partition coefficient (Wildman–Crippen LogP) is 4.35. The van der Waals surface area contributed by atoms with E-state index in [0.29, 0.717) is 27.4 Å². The first-order valence-corrected chi connectivity index (χ1v) is 9.87. The molecular weight excluding hydrogens is 419 g/mol. The third-order valence-electron chi connectivity index (χ3n) is 3.98. The lowest BCUT2D eigenvalue weighted by Crippen LogP contribution is -2.13. The molecule has 1 N–H and O–H groups in total. The van der Waals surface area contributed by atoms with Crippen LogP contribution in [0.15, 0.2) is 30.5 Å². The van der Waals surface area contributed by atoms with Gasteiger partial charge in [-0.05, 0) is 37.6 Å². The molecule has 0 aliphatic heterocycles. The Morgan fingerprint density at radius 3 is 2.82 bits per heavy atom. The van der Waals surface area contributed by atoms with Crippen molar-refractivity contribution in [1.29, 1.82) is 0 Å². The molecular formula is C18H14Cl2N6OS. The zero-order valence-electron chi connectivity index (χ0n) is 14.9. The number of rotatable bonds is 4. The summed E-state index contributed by atoms with van der Waals surface area (Å²) >= 11 is 13.5. The van der Waals surface area contributed by atoms with Crippen molar-refractivity contribution in [2.45, 2.75) is 20.3 Å². The summed E-state index contributed by atoms with van der Waals surface area (Å²) in [4.78, 5) is 26.2. The van der Waals surface area contributed by atoms with Crippen LogP contribution in [-0.2, 0) is 6.42 Å². The number of anilines is 1. The van der Waals surface area contributed by atoms with Gasteiger partial charge in [-0.2, -0.15) is 4.98 Å². The highest BCUT2D eigenvalue weighted by molar-refractivity contribution is 7.15. The Balaban J connectivity index is 1.50. The number of carbonyl (C=O) groups is 1. The lowest BCUT2D eigenvalue weighted by atomic mass is 10.1. The fraction of sp³-hybridized carbons (Fsp3) is 0.167. The summed E-state index contributed by atoms with van der Waals surface area (Å²) in [6.45, 7) is 3.75. The molecule has 0 bridgehead atoms. The maximum Gasteiger partial charge on any atom is 0.297 e. The molecule has 0 aliphatic rings. The molecule has 0 unspecified atom stereocenters. The molecule has 0 saturated carbocycles. The van der Waals surface area contributed by atoms with Gasteiger partial charge in [0.1, 0.15) is 0 Å². The second kappa shape index (κ2) is 7.46. The molecule has 10 heteroatoms. The van der Waals surface area contributed by atoms with Crippen LogP contribution in [0.5, 0.6) is 0 Å². The van der Waals surface area contributed by atoms with E-state index in [-0.39, 0.29) is 5.82 Å². The summed E-state index contributed by atoms with van der Waals surface area (Å²) in [6, 6.07) is 7.24. The van der Waals surface area contributed by atoms with E-state index in [4.69, 9.17) is 23.2 Å². The van der Waals surface area contributed by atoms with Crippen LogP contribution in [0.4, 0.5) is 5.13 Å². The van der Waals surface area contributed by atoms with Crippen molar-refractivity contribution < 1.29 is 4.79 Å². The third kappa shape index (κ3) is 3.84. The number of nitrogens with one attached hydrogen (secondary N) is 1. The predicted molar refractivity (Wildman–Crippen MR) is 110 cm³/mol. The van der Waals surface area contributed by atoms with Gasteiger partial charge in [0.2, 0.25) is 5.82 Å². The second-order valence-corrected chi connectivity index (χ2v) is 8.14. The van der Waals surface area contributed by atoms with Crippen molar-refractivity contribution in [2.24, 2.45) is 0 Å². The van der Waals surface area contributed by atoms with Crippen LogP contribution in [0, 0.1) is 13.8 Å². The molecule has 1 aromatic carbocycles. The molecule has 142 valence electrons. The number of aryl methyl sites for hydroxylation is 2. The molecule has 0 saturated heterocycles. The average Bonchev–Trinajstić information content (AvgIpc) is 3.24. The zero-order valence-corrected chi connectivity index (χ0v) is 17.2. The lowest BCUT2D eigenvalue weighted by molar-refractivity contribution is 0.101. The Bertz CT molecular complexity index is 1200. The summed E-state index contributed by atoms with van der Waals surface area (Å²) in [6.07, 6.45) is 2.30. The minimum absolute atomic E-state index is 0.0405. The van der Waals surface area contributed by atoms with Crippen LogP contribution in [0.1, 0.15) is 32.4 Å². The SMILES string of the molecule is Cc1cc(C)n2nc(C(=O)Nc3ncc(Cc4ccc(Cl)cc4Cl)s3)nc2n1. The van der Waals surface area contributed by atoms with Crippen molar-refractivity contribution in [3.8, 4) is 0 Å². The van der Waals surface area contributed by atoms with Gasteiger partial charge in [0.05, 0.1) is 0 Å². The Morgan fingerprint density at radius 2 is 2.04 bits per heavy atom.